The number of carbonyl (C=O) groups is 2. The molecular weight excluding hydrogens is 495 g/mol. The molecule has 4 rings (SSSR count). The second kappa shape index (κ2) is 12.3. The Morgan fingerprint density at radius 3 is 2.39 bits per heavy atom. The van der Waals surface area contributed by atoms with Gasteiger partial charge in [0.2, 0.25) is 11.8 Å². The smallest absolute Gasteiger partial charge is 0.383 e. The van der Waals surface area contributed by atoms with Crippen molar-refractivity contribution in [3.63, 3.8) is 0 Å². The lowest BCUT2D eigenvalue weighted by atomic mass is 10.1. The molecule has 1 fully saturated rings. The molecule has 6 nitrogen and oxygen atoms in total. The van der Waals surface area contributed by atoms with Gasteiger partial charge in [-0.1, -0.05) is 42.5 Å². The summed E-state index contributed by atoms with van der Waals surface area (Å²) < 4.78 is 46.5. The Morgan fingerprint density at radius 1 is 0.974 bits per heavy atom. The van der Waals surface area contributed by atoms with Gasteiger partial charge >= 0.3 is 6.18 Å². The minimum atomic E-state index is -4.41. The zero-order valence-electron chi connectivity index (χ0n) is 21.4. The molecule has 38 heavy (non-hydrogen) atoms. The fourth-order valence-electron chi connectivity index (χ4n) is 4.40. The molecule has 0 bridgehead atoms. The van der Waals surface area contributed by atoms with Gasteiger partial charge in [-0.05, 0) is 48.2 Å². The van der Waals surface area contributed by atoms with E-state index in [9.17, 15) is 22.8 Å². The van der Waals surface area contributed by atoms with Gasteiger partial charge in [0.05, 0.1) is 25.1 Å². The van der Waals surface area contributed by atoms with E-state index < -0.39 is 11.7 Å². The Morgan fingerprint density at radius 2 is 1.71 bits per heavy atom. The van der Waals surface area contributed by atoms with E-state index in [1.165, 1.54) is 6.07 Å². The van der Waals surface area contributed by atoms with Crippen LogP contribution in [0.2, 0.25) is 0 Å². The van der Waals surface area contributed by atoms with E-state index in [1.54, 1.807) is 29.2 Å². The van der Waals surface area contributed by atoms with E-state index in [0.717, 1.165) is 36.2 Å². The summed E-state index contributed by atoms with van der Waals surface area (Å²) in [6, 6.07) is 18.4. The SMILES string of the molecule is COCCN(Cc1cccn1Cc1cccc(C(F)(F)F)c1)C(=O)CN(C(=O)Cc1ccccc1)C1CC1. The van der Waals surface area contributed by atoms with Crippen LogP contribution in [0.25, 0.3) is 0 Å². The van der Waals surface area contributed by atoms with Crippen LogP contribution in [0.15, 0.2) is 72.9 Å². The fraction of sp³-hybridized carbons (Fsp3) is 0.379. The summed E-state index contributed by atoms with van der Waals surface area (Å²) in [6.07, 6.45) is -0.626. The molecule has 0 radical (unpaired) electrons. The number of aromatic nitrogens is 1. The molecule has 1 saturated carbocycles. The Kier molecular flexibility index (Phi) is 8.89. The summed E-state index contributed by atoms with van der Waals surface area (Å²) in [5.74, 6) is -0.270. The molecule has 0 aliphatic heterocycles. The quantitative estimate of drug-likeness (QED) is 0.341. The monoisotopic (exact) mass is 527 g/mol. The number of halogens is 3. The first-order valence-electron chi connectivity index (χ1n) is 12.6. The van der Waals surface area contributed by atoms with Gasteiger partial charge in [0.15, 0.2) is 0 Å². The van der Waals surface area contributed by atoms with Gasteiger partial charge in [0, 0.05) is 38.1 Å². The van der Waals surface area contributed by atoms with Crippen LogP contribution in [0.3, 0.4) is 0 Å². The summed E-state index contributed by atoms with van der Waals surface area (Å²) in [4.78, 5) is 29.8. The number of hydrogen-bond acceptors (Lipinski definition) is 3. The average molecular weight is 528 g/mol. The van der Waals surface area contributed by atoms with Crippen molar-refractivity contribution < 1.29 is 27.5 Å². The lowest BCUT2D eigenvalue weighted by Gasteiger charge is -2.28. The minimum Gasteiger partial charge on any atom is -0.383 e. The molecule has 2 amide bonds. The third-order valence-electron chi connectivity index (χ3n) is 6.61. The molecule has 0 spiro atoms. The summed E-state index contributed by atoms with van der Waals surface area (Å²) in [6.45, 7) is 1.12. The van der Waals surface area contributed by atoms with Crippen molar-refractivity contribution in [2.75, 3.05) is 26.8 Å². The van der Waals surface area contributed by atoms with E-state index in [-0.39, 0.29) is 43.9 Å². The lowest BCUT2D eigenvalue weighted by Crippen LogP contribution is -2.45. The van der Waals surface area contributed by atoms with Gasteiger partial charge < -0.3 is 19.1 Å². The van der Waals surface area contributed by atoms with Crippen molar-refractivity contribution in [1.29, 1.82) is 0 Å². The number of carbonyl (C=O) groups excluding carboxylic acids is 2. The van der Waals surface area contributed by atoms with Crippen LogP contribution in [0.1, 0.15) is 35.2 Å². The van der Waals surface area contributed by atoms with Gasteiger partial charge in [-0.25, -0.2) is 0 Å². The zero-order chi connectivity index (χ0) is 27.1. The first kappa shape index (κ1) is 27.4. The van der Waals surface area contributed by atoms with Crippen LogP contribution in [0.4, 0.5) is 13.2 Å². The van der Waals surface area contributed by atoms with E-state index >= 15 is 0 Å². The van der Waals surface area contributed by atoms with Crippen LogP contribution in [-0.2, 0) is 40.0 Å². The summed E-state index contributed by atoms with van der Waals surface area (Å²) in [5.41, 5.74) is 1.50. The number of nitrogens with zero attached hydrogens (tertiary/aromatic N) is 3. The van der Waals surface area contributed by atoms with E-state index in [4.69, 9.17) is 4.74 Å². The largest absolute Gasteiger partial charge is 0.416 e. The van der Waals surface area contributed by atoms with Crippen LogP contribution in [-0.4, -0.2) is 59.0 Å². The standard InChI is InChI=1S/C29H32F3N3O3/c1-38-16-15-34(28(37)21-35(25-12-13-25)27(36)18-22-7-3-2-4-8-22)20-26-11-6-14-33(26)19-23-9-5-10-24(17-23)29(30,31)32/h2-11,14,17,25H,12-13,15-16,18-21H2,1H3. The Balaban J connectivity index is 1.46. The summed E-state index contributed by atoms with van der Waals surface area (Å²) in [5, 5.41) is 0. The summed E-state index contributed by atoms with van der Waals surface area (Å²) in [7, 11) is 1.55. The molecule has 1 aliphatic rings. The van der Waals surface area contributed by atoms with Crippen molar-refractivity contribution in [2.24, 2.45) is 0 Å². The minimum absolute atomic E-state index is 0.0195. The second-order valence-corrected chi connectivity index (χ2v) is 9.55. The molecule has 202 valence electrons. The molecule has 1 aliphatic carbocycles. The molecule has 1 aromatic heterocycles. The van der Waals surface area contributed by atoms with Gasteiger partial charge in [0.1, 0.15) is 6.54 Å². The van der Waals surface area contributed by atoms with Crippen molar-refractivity contribution in [2.45, 2.75) is 44.6 Å². The highest BCUT2D eigenvalue weighted by atomic mass is 19.4. The number of ether oxygens (including phenoxy) is 1. The van der Waals surface area contributed by atoms with Gasteiger partial charge in [-0.15, -0.1) is 0 Å². The van der Waals surface area contributed by atoms with Crippen molar-refractivity contribution in [3.8, 4) is 0 Å². The van der Waals surface area contributed by atoms with E-state index in [0.29, 0.717) is 18.7 Å². The molecule has 0 unspecified atom stereocenters. The Hall–Kier alpha value is -3.59. The molecule has 0 atom stereocenters. The highest BCUT2D eigenvalue weighted by Crippen LogP contribution is 2.30. The van der Waals surface area contributed by atoms with Crippen LogP contribution >= 0.6 is 0 Å². The number of rotatable bonds is 12. The number of amides is 2. The molecule has 0 N–H and O–H groups in total. The van der Waals surface area contributed by atoms with E-state index in [1.807, 2.05) is 47.0 Å². The predicted molar refractivity (Wildman–Crippen MR) is 137 cm³/mol. The molecule has 2 aromatic carbocycles. The molecule has 0 saturated heterocycles. The first-order valence-corrected chi connectivity index (χ1v) is 12.6. The van der Waals surface area contributed by atoms with Gasteiger partial charge in [-0.3, -0.25) is 9.59 Å². The number of benzene rings is 2. The van der Waals surface area contributed by atoms with Crippen molar-refractivity contribution >= 4 is 11.8 Å². The molecular formula is C29H32F3N3O3. The highest BCUT2D eigenvalue weighted by Gasteiger charge is 2.35. The molecule has 9 heteroatoms. The van der Waals surface area contributed by atoms with E-state index in [2.05, 4.69) is 0 Å². The normalized spacial score (nSPS) is 13.4. The maximum absolute atomic E-state index is 13.4. The average Bonchev–Trinajstić information content (AvgIpc) is 3.65. The fourth-order valence-corrected chi connectivity index (χ4v) is 4.40. The van der Waals surface area contributed by atoms with Crippen LogP contribution in [0.5, 0.6) is 0 Å². The van der Waals surface area contributed by atoms with Gasteiger partial charge in [-0.2, -0.15) is 13.2 Å². The number of hydrogen-bond donors (Lipinski definition) is 0. The van der Waals surface area contributed by atoms with Gasteiger partial charge in [0.25, 0.3) is 0 Å². The maximum atomic E-state index is 13.4. The zero-order valence-corrected chi connectivity index (χ0v) is 21.4. The van der Waals surface area contributed by atoms with Crippen molar-refractivity contribution in [1.82, 2.24) is 14.4 Å². The Labute approximate surface area is 220 Å². The maximum Gasteiger partial charge on any atom is 0.416 e. The number of alkyl halides is 3. The third kappa shape index (κ3) is 7.47. The highest BCUT2D eigenvalue weighted by molar-refractivity contribution is 5.86. The van der Waals surface area contributed by atoms with Crippen LogP contribution < -0.4 is 0 Å². The van der Waals surface area contributed by atoms with Crippen molar-refractivity contribution in [3.05, 3.63) is 95.3 Å². The second-order valence-electron chi connectivity index (χ2n) is 9.55. The summed E-state index contributed by atoms with van der Waals surface area (Å²) >= 11 is 0. The third-order valence-corrected chi connectivity index (χ3v) is 6.61. The van der Waals surface area contributed by atoms with Crippen LogP contribution in [0, 0.1) is 0 Å². The lowest BCUT2D eigenvalue weighted by molar-refractivity contribution is -0.141. The topological polar surface area (TPSA) is 54.8 Å². The molecule has 1 heterocycles. The predicted octanol–water partition coefficient (Wildman–Crippen LogP) is 4.76. The first-order chi connectivity index (χ1) is 18.2. The number of methoxy groups -OCH3 is 1. The molecule has 3 aromatic rings. The Bertz CT molecular complexity index is 1220.